The van der Waals surface area contributed by atoms with Crippen molar-refractivity contribution in [3.8, 4) is 0 Å². The quantitative estimate of drug-likeness (QED) is 0.892. The number of halogens is 2. The van der Waals surface area contributed by atoms with Gasteiger partial charge >= 0.3 is 0 Å². The fraction of sp³-hybridized carbons (Fsp3) is 0.364. The van der Waals surface area contributed by atoms with Gasteiger partial charge < -0.3 is 10.6 Å². The van der Waals surface area contributed by atoms with Crippen LogP contribution < -0.4 is 10.6 Å². The second kappa shape index (κ2) is 6.23. The van der Waals surface area contributed by atoms with Crippen LogP contribution in [0.25, 0.3) is 0 Å². The van der Waals surface area contributed by atoms with Crippen molar-refractivity contribution >= 4 is 34.2 Å². The molecule has 1 aromatic rings. The van der Waals surface area contributed by atoms with E-state index in [0.717, 1.165) is 23.1 Å². The third-order valence-electron chi connectivity index (χ3n) is 2.56. The molecule has 1 aliphatic rings. The van der Waals surface area contributed by atoms with Crippen LogP contribution in [0.1, 0.15) is 5.56 Å². The van der Waals surface area contributed by atoms with E-state index < -0.39 is 0 Å². The molecule has 0 spiro atoms. The fourth-order valence-electron chi connectivity index (χ4n) is 1.44. The van der Waals surface area contributed by atoms with Crippen LogP contribution in [-0.2, 0) is 11.3 Å². The molecule has 1 heterocycles. The molecule has 2 N–H and O–H groups in total. The van der Waals surface area contributed by atoms with Crippen molar-refractivity contribution in [2.45, 2.75) is 6.54 Å². The maximum Gasteiger partial charge on any atom is 0.225 e. The van der Waals surface area contributed by atoms with Gasteiger partial charge in [0.15, 0.2) is 0 Å². The van der Waals surface area contributed by atoms with E-state index in [0.29, 0.717) is 6.54 Å². The number of amides is 1. The Bertz CT molecular complexity index is 369. The zero-order chi connectivity index (χ0) is 10.7. The summed E-state index contributed by atoms with van der Waals surface area (Å²) in [5.41, 5.74) is 1.11. The molecule has 1 amide bonds. The summed E-state index contributed by atoms with van der Waals surface area (Å²) in [5.74, 6) is 0.303. The Morgan fingerprint density at radius 1 is 1.44 bits per heavy atom. The number of carbonyl (C=O) groups is 1. The fourth-order valence-corrected chi connectivity index (χ4v) is 1.87. The molecule has 16 heavy (non-hydrogen) atoms. The minimum absolute atomic E-state index is 0. The molecule has 5 heteroatoms. The van der Waals surface area contributed by atoms with Crippen molar-refractivity contribution in [2.24, 2.45) is 5.92 Å². The molecule has 1 aliphatic heterocycles. The Balaban J connectivity index is 0.00000128. The lowest BCUT2D eigenvalue weighted by molar-refractivity contribution is -0.126. The monoisotopic (exact) mass is 304 g/mol. The highest BCUT2D eigenvalue weighted by atomic mass is 79.9. The van der Waals surface area contributed by atoms with Crippen LogP contribution in [0, 0.1) is 5.92 Å². The molecule has 1 fully saturated rings. The lowest BCUT2D eigenvalue weighted by Gasteiger charge is -2.25. The first-order chi connectivity index (χ1) is 7.27. The van der Waals surface area contributed by atoms with Crippen LogP contribution in [0.4, 0.5) is 0 Å². The van der Waals surface area contributed by atoms with Gasteiger partial charge in [0.25, 0.3) is 0 Å². The summed E-state index contributed by atoms with van der Waals surface area (Å²) in [4.78, 5) is 11.5. The summed E-state index contributed by atoms with van der Waals surface area (Å²) in [5, 5.41) is 6.01. The number of benzene rings is 1. The predicted molar refractivity (Wildman–Crippen MR) is 69.6 cm³/mol. The second-order valence-electron chi connectivity index (χ2n) is 3.66. The van der Waals surface area contributed by atoms with Gasteiger partial charge in [-0.05, 0) is 11.6 Å². The van der Waals surface area contributed by atoms with E-state index in [9.17, 15) is 4.79 Å². The van der Waals surface area contributed by atoms with Crippen LogP contribution >= 0.6 is 28.3 Å². The third-order valence-corrected chi connectivity index (χ3v) is 3.34. The Labute approximate surface area is 110 Å². The van der Waals surface area contributed by atoms with Crippen molar-refractivity contribution in [3.05, 3.63) is 34.3 Å². The molecule has 0 unspecified atom stereocenters. The molecule has 0 atom stereocenters. The van der Waals surface area contributed by atoms with Crippen molar-refractivity contribution < 1.29 is 4.79 Å². The zero-order valence-corrected chi connectivity index (χ0v) is 11.1. The Kier molecular flexibility index (Phi) is 5.25. The van der Waals surface area contributed by atoms with Crippen molar-refractivity contribution in [1.82, 2.24) is 10.6 Å². The van der Waals surface area contributed by atoms with E-state index in [2.05, 4.69) is 26.6 Å². The molecule has 0 aliphatic carbocycles. The summed E-state index contributed by atoms with van der Waals surface area (Å²) in [7, 11) is 0. The molecule has 1 saturated heterocycles. The first kappa shape index (κ1) is 13.5. The van der Waals surface area contributed by atoms with Gasteiger partial charge in [-0.1, -0.05) is 34.1 Å². The second-order valence-corrected chi connectivity index (χ2v) is 4.52. The highest BCUT2D eigenvalue weighted by Gasteiger charge is 2.24. The average Bonchev–Trinajstić information content (AvgIpc) is 2.14. The largest absolute Gasteiger partial charge is 0.352 e. The van der Waals surface area contributed by atoms with Crippen LogP contribution in [0.3, 0.4) is 0 Å². The number of hydrogen-bond donors (Lipinski definition) is 2. The number of carbonyl (C=O) groups excluding carboxylic acids is 1. The number of nitrogens with one attached hydrogen (secondary N) is 2. The van der Waals surface area contributed by atoms with Gasteiger partial charge in [-0.3, -0.25) is 4.79 Å². The van der Waals surface area contributed by atoms with Crippen LogP contribution in [0.2, 0.25) is 0 Å². The molecule has 2 rings (SSSR count). The lowest BCUT2D eigenvalue weighted by atomic mass is 10.0. The van der Waals surface area contributed by atoms with E-state index in [-0.39, 0.29) is 24.2 Å². The molecule has 0 bridgehead atoms. The van der Waals surface area contributed by atoms with Gasteiger partial charge in [0.05, 0.1) is 5.92 Å². The van der Waals surface area contributed by atoms with Gasteiger partial charge in [-0.25, -0.2) is 0 Å². The maximum absolute atomic E-state index is 11.5. The molecule has 0 radical (unpaired) electrons. The van der Waals surface area contributed by atoms with Crippen molar-refractivity contribution in [3.63, 3.8) is 0 Å². The minimum Gasteiger partial charge on any atom is -0.352 e. The molecule has 0 aromatic heterocycles. The standard InChI is InChI=1S/C11H13BrN2O.ClH/c12-10-4-2-1-3-8(10)7-14-11(15)9-5-13-6-9;/h1-4,9,13H,5-7H2,(H,14,15);1H. The summed E-state index contributed by atoms with van der Waals surface area (Å²) in [6.07, 6.45) is 0. The Morgan fingerprint density at radius 2 is 2.12 bits per heavy atom. The van der Waals surface area contributed by atoms with E-state index in [1.807, 2.05) is 24.3 Å². The van der Waals surface area contributed by atoms with Gasteiger partial charge in [0.2, 0.25) is 5.91 Å². The molecular weight excluding hydrogens is 291 g/mol. The van der Waals surface area contributed by atoms with E-state index in [4.69, 9.17) is 0 Å². The first-order valence-corrected chi connectivity index (χ1v) is 5.78. The van der Waals surface area contributed by atoms with Gasteiger partial charge in [0, 0.05) is 24.1 Å². The normalized spacial score (nSPS) is 14.8. The summed E-state index contributed by atoms with van der Waals surface area (Å²) in [6, 6.07) is 7.91. The predicted octanol–water partition coefficient (Wildman–Crippen LogP) is 1.71. The van der Waals surface area contributed by atoms with Gasteiger partial charge in [0.1, 0.15) is 0 Å². The summed E-state index contributed by atoms with van der Waals surface area (Å²) < 4.78 is 1.04. The maximum atomic E-state index is 11.5. The summed E-state index contributed by atoms with van der Waals surface area (Å²) in [6.45, 7) is 2.21. The SMILES string of the molecule is Cl.O=C(NCc1ccccc1Br)C1CNC1. The molecule has 88 valence electrons. The lowest BCUT2D eigenvalue weighted by Crippen LogP contribution is -2.50. The van der Waals surface area contributed by atoms with Crippen molar-refractivity contribution in [1.29, 1.82) is 0 Å². The minimum atomic E-state index is 0. The van der Waals surface area contributed by atoms with E-state index >= 15 is 0 Å². The zero-order valence-electron chi connectivity index (χ0n) is 8.70. The van der Waals surface area contributed by atoms with Crippen LogP contribution in [-0.4, -0.2) is 19.0 Å². The highest BCUT2D eigenvalue weighted by molar-refractivity contribution is 9.10. The van der Waals surface area contributed by atoms with Gasteiger partial charge in [-0.2, -0.15) is 0 Å². The van der Waals surface area contributed by atoms with Crippen molar-refractivity contribution in [2.75, 3.05) is 13.1 Å². The number of rotatable bonds is 3. The Morgan fingerprint density at radius 3 is 2.69 bits per heavy atom. The van der Waals surface area contributed by atoms with Crippen LogP contribution in [0.15, 0.2) is 28.7 Å². The van der Waals surface area contributed by atoms with E-state index in [1.54, 1.807) is 0 Å². The van der Waals surface area contributed by atoms with E-state index in [1.165, 1.54) is 0 Å². The van der Waals surface area contributed by atoms with Crippen LogP contribution in [0.5, 0.6) is 0 Å². The van der Waals surface area contributed by atoms with Gasteiger partial charge in [-0.15, -0.1) is 12.4 Å². The third kappa shape index (κ3) is 3.20. The molecule has 3 nitrogen and oxygen atoms in total. The summed E-state index contributed by atoms with van der Waals surface area (Å²) >= 11 is 3.45. The molecule has 1 aromatic carbocycles. The molecule has 0 saturated carbocycles. The number of hydrogen-bond acceptors (Lipinski definition) is 2. The Hall–Kier alpha value is -0.580. The topological polar surface area (TPSA) is 41.1 Å². The highest BCUT2D eigenvalue weighted by Crippen LogP contribution is 2.15. The first-order valence-electron chi connectivity index (χ1n) is 4.99. The smallest absolute Gasteiger partial charge is 0.225 e. The average molecular weight is 306 g/mol. The molecular formula is C11H14BrClN2O.